The summed E-state index contributed by atoms with van der Waals surface area (Å²) in [6.07, 6.45) is 3.81. The molecular weight excluding hydrogens is 440 g/mol. The van der Waals surface area contributed by atoms with Crippen molar-refractivity contribution >= 4 is 11.9 Å². The fraction of sp³-hybridized carbons (Fsp3) is 0.393. The molecule has 1 N–H and O–H groups in total. The van der Waals surface area contributed by atoms with E-state index in [-0.39, 0.29) is 5.56 Å². The molecule has 0 amide bonds. The van der Waals surface area contributed by atoms with Crippen molar-refractivity contribution in [1.29, 1.82) is 0 Å². The molecule has 0 saturated carbocycles. The first-order valence-electron chi connectivity index (χ1n) is 12.3. The van der Waals surface area contributed by atoms with Crippen LogP contribution in [0.25, 0.3) is 0 Å². The number of hydrogen-bond acceptors (Lipinski definition) is 6. The zero-order valence-electron chi connectivity index (χ0n) is 20.6. The van der Waals surface area contributed by atoms with E-state index in [1.807, 2.05) is 24.3 Å². The van der Waals surface area contributed by atoms with Crippen LogP contribution in [0.5, 0.6) is 5.75 Å². The average Bonchev–Trinajstić information content (AvgIpc) is 2.87. The van der Waals surface area contributed by atoms with E-state index >= 15 is 0 Å². The van der Waals surface area contributed by atoms with Crippen LogP contribution in [0, 0.1) is 13.8 Å². The summed E-state index contributed by atoms with van der Waals surface area (Å²) in [7, 11) is 0. The van der Waals surface area contributed by atoms with Crippen molar-refractivity contribution in [3.05, 3.63) is 82.7 Å². The first-order chi connectivity index (χ1) is 17.0. The van der Waals surface area contributed by atoms with Gasteiger partial charge in [-0.15, -0.1) is 0 Å². The Hall–Kier alpha value is -3.45. The molecule has 1 fully saturated rings. The zero-order chi connectivity index (χ0) is 24.6. The maximum absolute atomic E-state index is 11.7. The van der Waals surface area contributed by atoms with Gasteiger partial charge in [0.2, 0.25) is 5.95 Å². The molecule has 1 saturated heterocycles. The van der Waals surface area contributed by atoms with Crippen molar-refractivity contribution in [2.24, 2.45) is 0 Å². The molecule has 0 aliphatic carbocycles. The Kier molecular flexibility index (Phi) is 8.32. The Morgan fingerprint density at radius 1 is 1.00 bits per heavy atom. The van der Waals surface area contributed by atoms with Crippen LogP contribution < -0.4 is 9.64 Å². The fourth-order valence-electron chi connectivity index (χ4n) is 4.30. The number of nitrogens with zero attached hydrogens (tertiary/aromatic N) is 4. The van der Waals surface area contributed by atoms with E-state index in [9.17, 15) is 9.90 Å². The number of anilines is 1. The number of ether oxygens (including phenoxy) is 1. The minimum absolute atomic E-state index is 0.198. The lowest BCUT2D eigenvalue weighted by atomic mass is 10.0. The number of carboxylic acids is 1. The predicted molar refractivity (Wildman–Crippen MR) is 138 cm³/mol. The maximum Gasteiger partial charge on any atom is 0.339 e. The Labute approximate surface area is 207 Å². The normalized spacial score (nSPS) is 14.2. The van der Waals surface area contributed by atoms with Crippen molar-refractivity contribution in [2.45, 2.75) is 33.1 Å². The van der Waals surface area contributed by atoms with E-state index in [0.29, 0.717) is 24.7 Å². The molecule has 0 atom stereocenters. The quantitative estimate of drug-likeness (QED) is 0.472. The van der Waals surface area contributed by atoms with E-state index < -0.39 is 5.97 Å². The van der Waals surface area contributed by atoms with Gasteiger partial charge in [-0.2, -0.15) is 0 Å². The van der Waals surface area contributed by atoms with Crippen molar-refractivity contribution in [3.63, 3.8) is 0 Å². The Morgan fingerprint density at radius 2 is 1.77 bits per heavy atom. The molecule has 0 spiro atoms. The number of rotatable bonds is 10. The zero-order valence-corrected chi connectivity index (χ0v) is 20.6. The molecule has 7 heteroatoms. The third-order valence-corrected chi connectivity index (χ3v) is 6.62. The number of aryl methyl sites for hydroxylation is 4. The van der Waals surface area contributed by atoms with Gasteiger partial charge < -0.3 is 14.7 Å². The topological polar surface area (TPSA) is 78.8 Å². The Balaban J connectivity index is 1.29. The van der Waals surface area contributed by atoms with Gasteiger partial charge in [-0.3, -0.25) is 4.90 Å². The molecule has 7 nitrogen and oxygen atoms in total. The van der Waals surface area contributed by atoms with E-state index in [2.05, 4.69) is 57.9 Å². The largest absolute Gasteiger partial charge is 0.492 e. The van der Waals surface area contributed by atoms with Crippen molar-refractivity contribution in [1.82, 2.24) is 14.9 Å². The van der Waals surface area contributed by atoms with Crippen LogP contribution in [0.1, 0.15) is 39.2 Å². The molecule has 1 aliphatic rings. The summed E-state index contributed by atoms with van der Waals surface area (Å²) in [4.78, 5) is 25.3. The van der Waals surface area contributed by atoms with E-state index in [4.69, 9.17) is 4.74 Å². The van der Waals surface area contributed by atoms with Gasteiger partial charge >= 0.3 is 5.97 Å². The number of aromatic nitrogens is 2. The van der Waals surface area contributed by atoms with Crippen LogP contribution in [-0.4, -0.2) is 65.3 Å². The molecule has 1 aromatic heterocycles. The summed E-state index contributed by atoms with van der Waals surface area (Å²) in [5.41, 5.74) is 4.57. The summed E-state index contributed by atoms with van der Waals surface area (Å²) in [6.45, 7) is 9.11. The van der Waals surface area contributed by atoms with Gasteiger partial charge in [-0.25, -0.2) is 14.8 Å². The Bertz CT molecular complexity index is 1130. The molecule has 3 aromatic rings. The third kappa shape index (κ3) is 6.79. The lowest BCUT2D eigenvalue weighted by Gasteiger charge is -2.34. The second-order valence-electron chi connectivity index (χ2n) is 9.10. The monoisotopic (exact) mass is 474 g/mol. The van der Waals surface area contributed by atoms with Gasteiger partial charge in [-0.05, 0) is 61.9 Å². The third-order valence-electron chi connectivity index (χ3n) is 6.62. The summed E-state index contributed by atoms with van der Waals surface area (Å²) in [5.74, 6) is 0.564. The predicted octanol–water partition coefficient (Wildman–Crippen LogP) is 4.17. The SMILES string of the molecule is Cc1ccc(OCCN2CCN(c3ncc(C(=O)O)c(CCCc4ccccc4)n3)CC2)cc1C. The lowest BCUT2D eigenvalue weighted by molar-refractivity contribution is 0.0694. The summed E-state index contributed by atoms with van der Waals surface area (Å²) < 4.78 is 5.94. The van der Waals surface area contributed by atoms with E-state index in [1.54, 1.807) is 0 Å². The van der Waals surface area contributed by atoms with Crippen molar-refractivity contribution in [2.75, 3.05) is 44.2 Å². The van der Waals surface area contributed by atoms with Crippen LogP contribution in [-0.2, 0) is 12.8 Å². The molecule has 2 heterocycles. The molecular formula is C28H34N4O3. The average molecular weight is 475 g/mol. The number of carbonyl (C=O) groups is 1. The second kappa shape index (κ2) is 11.8. The highest BCUT2D eigenvalue weighted by Crippen LogP contribution is 2.18. The number of aromatic carboxylic acids is 1. The first-order valence-corrected chi connectivity index (χ1v) is 12.3. The fourth-order valence-corrected chi connectivity index (χ4v) is 4.30. The molecule has 4 rings (SSSR count). The highest BCUT2D eigenvalue weighted by atomic mass is 16.5. The lowest BCUT2D eigenvalue weighted by Crippen LogP contribution is -2.48. The molecule has 0 radical (unpaired) electrons. The summed E-state index contributed by atoms with van der Waals surface area (Å²) in [5, 5.41) is 9.60. The Morgan fingerprint density at radius 3 is 2.49 bits per heavy atom. The number of hydrogen-bond donors (Lipinski definition) is 1. The van der Waals surface area contributed by atoms with Gasteiger partial charge in [-0.1, -0.05) is 36.4 Å². The van der Waals surface area contributed by atoms with Gasteiger partial charge in [0.1, 0.15) is 12.4 Å². The number of piperazine rings is 1. The minimum Gasteiger partial charge on any atom is -0.492 e. The van der Waals surface area contributed by atoms with Gasteiger partial charge in [0.15, 0.2) is 0 Å². The van der Waals surface area contributed by atoms with Crippen LogP contribution in [0.3, 0.4) is 0 Å². The van der Waals surface area contributed by atoms with Crippen LogP contribution in [0.4, 0.5) is 5.95 Å². The van der Waals surface area contributed by atoms with Crippen LogP contribution >= 0.6 is 0 Å². The van der Waals surface area contributed by atoms with E-state index in [1.165, 1.54) is 22.9 Å². The number of benzene rings is 2. The molecule has 184 valence electrons. The minimum atomic E-state index is -0.972. The molecule has 2 aromatic carbocycles. The maximum atomic E-state index is 11.7. The number of carboxylic acid groups (broad SMARTS) is 1. The summed E-state index contributed by atoms with van der Waals surface area (Å²) in [6, 6.07) is 16.4. The van der Waals surface area contributed by atoms with Crippen LogP contribution in [0.15, 0.2) is 54.7 Å². The summed E-state index contributed by atoms with van der Waals surface area (Å²) >= 11 is 0. The van der Waals surface area contributed by atoms with Crippen molar-refractivity contribution in [3.8, 4) is 5.75 Å². The smallest absolute Gasteiger partial charge is 0.339 e. The highest BCUT2D eigenvalue weighted by Gasteiger charge is 2.21. The van der Waals surface area contributed by atoms with Crippen molar-refractivity contribution < 1.29 is 14.6 Å². The molecule has 0 bridgehead atoms. The first kappa shape index (κ1) is 24.7. The van der Waals surface area contributed by atoms with E-state index in [0.717, 1.165) is 51.3 Å². The standard InChI is InChI=1S/C28H34N4O3/c1-21-11-12-24(19-22(21)2)35-18-17-31-13-15-32(16-14-31)28-29-20-25(27(33)34)26(30-28)10-6-9-23-7-4-3-5-8-23/h3-5,7-8,11-12,19-20H,6,9-10,13-18H2,1-2H3,(H,33,34). The second-order valence-corrected chi connectivity index (χ2v) is 9.10. The highest BCUT2D eigenvalue weighted by molar-refractivity contribution is 5.88. The van der Waals surface area contributed by atoms with Crippen LogP contribution in [0.2, 0.25) is 0 Å². The molecule has 35 heavy (non-hydrogen) atoms. The molecule has 0 unspecified atom stereocenters. The molecule has 1 aliphatic heterocycles. The van der Waals surface area contributed by atoms with Gasteiger partial charge in [0.05, 0.1) is 11.3 Å². The van der Waals surface area contributed by atoms with Gasteiger partial charge in [0.25, 0.3) is 0 Å². The van der Waals surface area contributed by atoms with Gasteiger partial charge in [0, 0.05) is 38.9 Å².